The highest BCUT2D eigenvalue weighted by molar-refractivity contribution is 9.93. The van der Waals surface area contributed by atoms with Crippen molar-refractivity contribution in [3.05, 3.63) is 48.0 Å². The molecule has 0 unspecified atom stereocenters. The number of benzene rings is 2. The number of alkyl halides is 3. The van der Waals surface area contributed by atoms with E-state index in [2.05, 4.69) is 33.2 Å². The van der Waals surface area contributed by atoms with E-state index < -0.39 is 4.30 Å². The lowest BCUT2D eigenvalue weighted by atomic mass is 10.1. The van der Waals surface area contributed by atoms with E-state index in [1.807, 2.05) is 42.5 Å². The molecular formula is C18H20Br2Cl3N3O2S2. The molecule has 0 saturated carbocycles. The van der Waals surface area contributed by atoms with Gasteiger partial charge in [0.2, 0.25) is 0 Å². The Bertz CT molecular complexity index is 899. The van der Waals surface area contributed by atoms with Gasteiger partial charge >= 0.3 is 0 Å². The van der Waals surface area contributed by atoms with Gasteiger partial charge in [-0.25, -0.2) is 4.98 Å². The number of hydrogen-bond acceptors (Lipinski definition) is 6. The summed E-state index contributed by atoms with van der Waals surface area (Å²) < 4.78 is 10.6. The van der Waals surface area contributed by atoms with Crippen molar-refractivity contribution in [1.29, 1.82) is 0 Å². The molecule has 0 amide bonds. The molecule has 0 saturated heterocycles. The normalized spacial score (nSPS) is 9.33. The van der Waals surface area contributed by atoms with Gasteiger partial charge < -0.3 is 20.9 Å². The minimum absolute atomic E-state index is 0.486. The van der Waals surface area contributed by atoms with Crippen molar-refractivity contribution in [1.82, 2.24) is 4.98 Å². The number of thiazole rings is 1. The first-order chi connectivity index (χ1) is 14.3. The van der Waals surface area contributed by atoms with E-state index in [0.717, 1.165) is 27.3 Å². The molecule has 3 aromatic rings. The van der Waals surface area contributed by atoms with Gasteiger partial charge in [0.1, 0.15) is 17.0 Å². The Morgan fingerprint density at radius 2 is 1.60 bits per heavy atom. The second-order valence-electron chi connectivity index (χ2n) is 5.06. The second-order valence-corrected chi connectivity index (χ2v) is 8.63. The number of nitrogen functional groups attached to an aromatic ring is 1. The van der Waals surface area contributed by atoms with Gasteiger partial charge in [-0.3, -0.25) is 0 Å². The molecule has 166 valence electrons. The molecule has 0 aliphatic carbocycles. The number of para-hydroxylation sites is 2. The number of nitrogens with two attached hydrogens (primary N) is 2. The van der Waals surface area contributed by atoms with Crippen LogP contribution in [0.15, 0.2) is 42.5 Å². The number of aromatic nitrogens is 1. The molecule has 0 fully saturated rings. The van der Waals surface area contributed by atoms with Crippen molar-refractivity contribution in [2.24, 2.45) is 5.73 Å². The summed E-state index contributed by atoms with van der Waals surface area (Å²) in [5.74, 6) is 1.62. The molecule has 1 heterocycles. The quantitative estimate of drug-likeness (QED) is 0.234. The van der Waals surface area contributed by atoms with Crippen LogP contribution in [0.25, 0.3) is 10.2 Å². The Morgan fingerprint density at radius 3 is 2.13 bits per heavy atom. The standard InChI is InChI=1S/C9H11NOS.C8H8N2OS.CHCl3.Br2/c1-11-8-5-3-2-4-7(8)6-9(10)12;1-11-5-3-2-4-6-7(5)10-8(9)12-6;2-1(3)4;1-2/h2-5H,6H2,1H3,(H2,10,12);2-4H,1H3,(H2,9,10);1H;. The molecule has 3 rings (SSSR count). The van der Waals surface area contributed by atoms with Crippen molar-refractivity contribution in [2.45, 2.75) is 10.7 Å². The lowest BCUT2D eigenvalue weighted by Crippen LogP contribution is -2.11. The molecule has 0 bridgehead atoms. The number of anilines is 1. The summed E-state index contributed by atoms with van der Waals surface area (Å²) in [6.07, 6.45) is 0.597. The molecule has 30 heavy (non-hydrogen) atoms. The van der Waals surface area contributed by atoms with Crippen molar-refractivity contribution < 1.29 is 9.47 Å². The van der Waals surface area contributed by atoms with Crippen LogP contribution in [0.3, 0.4) is 0 Å². The van der Waals surface area contributed by atoms with E-state index in [4.69, 9.17) is 68.0 Å². The number of thiocarbonyl (C=S) groups is 1. The molecule has 0 radical (unpaired) electrons. The number of fused-ring (bicyclic) bond motifs is 1. The first kappa shape index (κ1) is 29.5. The van der Waals surface area contributed by atoms with Crippen molar-refractivity contribution in [3.8, 4) is 11.5 Å². The maximum absolute atomic E-state index is 5.57. The van der Waals surface area contributed by atoms with Crippen LogP contribution >= 0.6 is 86.6 Å². The number of methoxy groups -OCH3 is 2. The van der Waals surface area contributed by atoms with Crippen molar-refractivity contribution >= 4 is 107 Å². The third-order valence-electron chi connectivity index (χ3n) is 3.18. The first-order valence-electron chi connectivity index (χ1n) is 7.94. The maximum atomic E-state index is 5.57. The Labute approximate surface area is 215 Å². The fraction of sp³-hybridized carbons (Fsp3) is 0.222. The van der Waals surface area contributed by atoms with Crippen LogP contribution in [0.2, 0.25) is 0 Å². The van der Waals surface area contributed by atoms with Gasteiger partial charge in [0.05, 0.1) is 23.9 Å². The fourth-order valence-electron chi connectivity index (χ4n) is 2.14. The summed E-state index contributed by atoms with van der Waals surface area (Å²) in [5.41, 5.74) is 12.9. The Balaban J connectivity index is 0.000000447. The highest BCUT2D eigenvalue weighted by Gasteiger charge is 2.05. The van der Waals surface area contributed by atoms with Gasteiger partial charge in [0.15, 0.2) is 9.43 Å². The number of halogens is 5. The van der Waals surface area contributed by atoms with Gasteiger partial charge in [0, 0.05) is 40.2 Å². The average Bonchev–Trinajstić information content (AvgIpc) is 3.10. The monoisotopic (exact) mass is 637 g/mol. The third-order valence-corrected chi connectivity index (χ3v) is 4.17. The van der Waals surface area contributed by atoms with Gasteiger partial charge in [0.25, 0.3) is 0 Å². The van der Waals surface area contributed by atoms with E-state index in [1.54, 1.807) is 14.2 Å². The van der Waals surface area contributed by atoms with Gasteiger partial charge in [-0.15, -0.1) is 0 Å². The second kappa shape index (κ2) is 17.1. The number of hydrogen-bond donors (Lipinski definition) is 2. The fourth-order valence-corrected chi connectivity index (χ4v) is 3.05. The Hall–Kier alpha value is -0.550. The van der Waals surface area contributed by atoms with Crippen LogP contribution in [-0.4, -0.2) is 28.5 Å². The van der Waals surface area contributed by atoms with E-state index in [1.165, 1.54) is 11.3 Å². The zero-order chi connectivity index (χ0) is 23.1. The molecule has 4 N–H and O–H groups in total. The summed E-state index contributed by atoms with van der Waals surface area (Å²) in [5, 5.41) is 0.578. The molecule has 0 aliphatic heterocycles. The topological polar surface area (TPSA) is 83.4 Å². The predicted molar refractivity (Wildman–Crippen MR) is 143 cm³/mol. The van der Waals surface area contributed by atoms with E-state index in [9.17, 15) is 0 Å². The molecule has 0 atom stereocenters. The SMILES string of the molecule is BrBr.COc1cccc2sc(N)nc12.COc1ccccc1CC(N)=S.ClC(Cl)Cl. The smallest absolute Gasteiger partial charge is 0.181 e. The maximum Gasteiger partial charge on any atom is 0.181 e. The van der Waals surface area contributed by atoms with Crippen LogP contribution in [-0.2, 0) is 6.42 Å². The molecule has 0 spiro atoms. The number of rotatable bonds is 4. The average molecular weight is 641 g/mol. The van der Waals surface area contributed by atoms with Crippen LogP contribution < -0.4 is 20.9 Å². The van der Waals surface area contributed by atoms with Gasteiger partial charge in [-0.2, -0.15) is 0 Å². The molecule has 5 nitrogen and oxygen atoms in total. The van der Waals surface area contributed by atoms with Crippen LogP contribution in [0.1, 0.15) is 5.56 Å². The first-order valence-corrected chi connectivity index (χ1v) is 14.2. The highest BCUT2D eigenvalue weighted by Crippen LogP contribution is 2.30. The zero-order valence-corrected chi connectivity index (χ0v) is 23.0. The van der Waals surface area contributed by atoms with Crippen molar-refractivity contribution in [3.63, 3.8) is 0 Å². The molecule has 2 aromatic carbocycles. The van der Waals surface area contributed by atoms with E-state index in [0.29, 0.717) is 16.5 Å². The summed E-state index contributed by atoms with van der Waals surface area (Å²) in [4.78, 5) is 4.64. The van der Waals surface area contributed by atoms with Crippen LogP contribution in [0.5, 0.6) is 11.5 Å². The molecular weight excluding hydrogens is 621 g/mol. The third kappa shape index (κ3) is 11.7. The number of ether oxygens (including phenoxy) is 2. The van der Waals surface area contributed by atoms with Crippen molar-refractivity contribution in [2.75, 3.05) is 20.0 Å². The zero-order valence-electron chi connectivity index (χ0n) is 16.0. The van der Waals surface area contributed by atoms with E-state index in [-0.39, 0.29) is 0 Å². The number of nitrogens with zero attached hydrogens (tertiary/aromatic N) is 1. The Morgan fingerprint density at radius 1 is 1.07 bits per heavy atom. The summed E-state index contributed by atoms with van der Waals surface area (Å²) in [7, 11) is 3.27. The lowest BCUT2D eigenvalue weighted by molar-refractivity contribution is 0.411. The predicted octanol–water partition coefficient (Wildman–Crippen LogP) is 7.09. The summed E-state index contributed by atoms with van der Waals surface area (Å²) >= 11 is 26.2. The lowest BCUT2D eigenvalue weighted by Gasteiger charge is -2.05. The van der Waals surface area contributed by atoms with Gasteiger partial charge in [-0.1, -0.05) is 82.6 Å². The minimum Gasteiger partial charge on any atom is -0.496 e. The van der Waals surface area contributed by atoms with Gasteiger partial charge in [-0.05, 0) is 18.2 Å². The largest absolute Gasteiger partial charge is 0.496 e. The molecule has 1 aromatic heterocycles. The highest BCUT2D eigenvalue weighted by atomic mass is 80.9. The summed E-state index contributed by atoms with van der Waals surface area (Å²) in [6.45, 7) is 0. The van der Waals surface area contributed by atoms with E-state index >= 15 is 0 Å². The molecule has 12 heteroatoms. The Kier molecular flexibility index (Phi) is 16.7. The summed E-state index contributed by atoms with van der Waals surface area (Å²) in [6, 6.07) is 13.5. The van der Waals surface area contributed by atoms with Crippen LogP contribution in [0.4, 0.5) is 5.13 Å². The van der Waals surface area contributed by atoms with Crippen LogP contribution in [0, 0.1) is 0 Å². The minimum atomic E-state index is -0.750. The molecule has 0 aliphatic rings.